The molecule has 162 valence electrons. The molecule has 3 aromatic carbocycles. The summed E-state index contributed by atoms with van der Waals surface area (Å²) in [4.78, 5) is 41.8. The summed E-state index contributed by atoms with van der Waals surface area (Å²) in [5.41, 5.74) is 1.48. The molecule has 0 bridgehead atoms. The average molecular weight is 432 g/mol. The molecule has 1 aliphatic heterocycles. The Morgan fingerprint density at radius 2 is 1.66 bits per heavy atom. The third-order valence-electron chi connectivity index (χ3n) is 5.38. The lowest BCUT2D eigenvalue weighted by molar-refractivity contribution is -0.122. The van der Waals surface area contributed by atoms with Crippen LogP contribution in [-0.4, -0.2) is 35.8 Å². The lowest BCUT2D eigenvalue weighted by Gasteiger charge is -2.28. The molecular weight excluding hydrogens is 411 g/mol. The van der Waals surface area contributed by atoms with Crippen molar-refractivity contribution in [2.45, 2.75) is 19.0 Å². The molecule has 0 unspecified atom stereocenters. The lowest BCUT2D eigenvalue weighted by Crippen LogP contribution is -2.45. The van der Waals surface area contributed by atoms with Crippen LogP contribution in [0.4, 0.5) is 10.1 Å². The van der Waals surface area contributed by atoms with Crippen LogP contribution in [0.2, 0.25) is 0 Å². The van der Waals surface area contributed by atoms with Gasteiger partial charge in [0.2, 0.25) is 5.91 Å². The van der Waals surface area contributed by atoms with Crippen LogP contribution in [-0.2, 0) is 16.1 Å². The summed E-state index contributed by atoms with van der Waals surface area (Å²) in [6.45, 7) is 0.138. The van der Waals surface area contributed by atoms with Gasteiger partial charge in [0.25, 0.3) is 11.8 Å². The van der Waals surface area contributed by atoms with Crippen LogP contribution in [0.5, 0.6) is 5.75 Å². The first kappa shape index (κ1) is 21.2. The predicted octanol–water partition coefficient (Wildman–Crippen LogP) is 3.81. The number of hydrogen-bond donors (Lipinski definition) is 0. The summed E-state index contributed by atoms with van der Waals surface area (Å²) in [7, 11) is 1.56. The molecule has 4 rings (SSSR count). The van der Waals surface area contributed by atoms with Crippen molar-refractivity contribution in [3.8, 4) is 5.75 Å². The number of rotatable bonds is 6. The van der Waals surface area contributed by atoms with Gasteiger partial charge < -0.3 is 9.64 Å². The number of amides is 3. The first-order valence-corrected chi connectivity index (χ1v) is 10.1. The maximum atomic E-state index is 13.4. The molecule has 1 fully saturated rings. The number of methoxy groups -OCH3 is 1. The Balaban J connectivity index is 1.67. The zero-order valence-electron chi connectivity index (χ0n) is 17.4. The van der Waals surface area contributed by atoms with Gasteiger partial charge in [-0.1, -0.05) is 30.3 Å². The minimum absolute atomic E-state index is 0.138. The molecule has 0 spiro atoms. The van der Waals surface area contributed by atoms with Crippen LogP contribution in [0.3, 0.4) is 0 Å². The van der Waals surface area contributed by atoms with Crippen molar-refractivity contribution in [1.29, 1.82) is 0 Å². The second-order valence-electron chi connectivity index (χ2n) is 7.41. The van der Waals surface area contributed by atoms with Crippen molar-refractivity contribution in [2.24, 2.45) is 0 Å². The molecule has 3 amide bonds. The number of imide groups is 1. The number of hydrogen-bond acceptors (Lipinski definition) is 4. The Morgan fingerprint density at radius 1 is 1.00 bits per heavy atom. The third kappa shape index (κ3) is 4.23. The smallest absolute Gasteiger partial charge is 0.257 e. The van der Waals surface area contributed by atoms with Crippen molar-refractivity contribution >= 4 is 23.4 Å². The maximum Gasteiger partial charge on any atom is 0.257 e. The van der Waals surface area contributed by atoms with Crippen molar-refractivity contribution in [3.05, 3.63) is 95.8 Å². The second-order valence-corrected chi connectivity index (χ2v) is 7.41. The Kier molecular flexibility index (Phi) is 5.98. The molecule has 0 aliphatic carbocycles. The van der Waals surface area contributed by atoms with Gasteiger partial charge in [-0.15, -0.1) is 0 Å². The Hall–Kier alpha value is -4.00. The van der Waals surface area contributed by atoms with E-state index in [4.69, 9.17) is 4.74 Å². The van der Waals surface area contributed by atoms with Gasteiger partial charge in [0.05, 0.1) is 19.2 Å². The SMILES string of the molecule is COc1ccc(CN(C(=O)c2ccccc2)[C@H]2CC(=O)N(c3ccc(F)cc3)C2=O)cc1. The number of carbonyl (C=O) groups excluding carboxylic acids is 3. The lowest BCUT2D eigenvalue weighted by atomic mass is 10.1. The molecule has 1 heterocycles. The minimum atomic E-state index is -0.970. The van der Waals surface area contributed by atoms with E-state index in [9.17, 15) is 18.8 Å². The zero-order valence-corrected chi connectivity index (χ0v) is 17.4. The topological polar surface area (TPSA) is 66.9 Å². The fourth-order valence-electron chi connectivity index (χ4n) is 3.72. The molecule has 1 atom stereocenters. The number of anilines is 1. The Labute approximate surface area is 184 Å². The van der Waals surface area contributed by atoms with Gasteiger partial charge in [0, 0.05) is 12.1 Å². The minimum Gasteiger partial charge on any atom is -0.497 e. The monoisotopic (exact) mass is 432 g/mol. The quantitative estimate of drug-likeness (QED) is 0.556. The fourth-order valence-corrected chi connectivity index (χ4v) is 3.72. The van der Waals surface area contributed by atoms with Gasteiger partial charge in [0.1, 0.15) is 17.6 Å². The highest BCUT2D eigenvalue weighted by molar-refractivity contribution is 6.23. The number of halogens is 1. The summed E-state index contributed by atoms with van der Waals surface area (Å²) in [6.07, 6.45) is -0.148. The van der Waals surface area contributed by atoms with Crippen molar-refractivity contribution < 1.29 is 23.5 Å². The Morgan fingerprint density at radius 3 is 2.28 bits per heavy atom. The average Bonchev–Trinajstić information content (AvgIpc) is 3.12. The molecule has 0 radical (unpaired) electrons. The van der Waals surface area contributed by atoms with Gasteiger partial charge in [-0.25, -0.2) is 9.29 Å². The highest BCUT2D eigenvalue weighted by Crippen LogP contribution is 2.28. The molecule has 0 N–H and O–H groups in total. The maximum absolute atomic E-state index is 13.4. The van der Waals surface area contributed by atoms with Gasteiger partial charge in [-0.3, -0.25) is 14.4 Å². The van der Waals surface area contributed by atoms with Crippen molar-refractivity contribution in [2.75, 3.05) is 12.0 Å². The number of nitrogens with zero attached hydrogens (tertiary/aromatic N) is 2. The van der Waals surface area contributed by atoms with E-state index in [0.717, 1.165) is 10.5 Å². The van der Waals surface area contributed by atoms with Crippen molar-refractivity contribution in [1.82, 2.24) is 4.90 Å². The normalized spacial score (nSPS) is 15.7. The summed E-state index contributed by atoms with van der Waals surface area (Å²) in [5, 5.41) is 0. The summed E-state index contributed by atoms with van der Waals surface area (Å²) in [6, 6.07) is 19.9. The van der Waals surface area contributed by atoms with E-state index in [1.807, 2.05) is 12.1 Å². The number of ether oxygens (including phenoxy) is 1. The predicted molar refractivity (Wildman–Crippen MR) is 117 cm³/mol. The van der Waals surface area contributed by atoms with Gasteiger partial charge >= 0.3 is 0 Å². The van der Waals surface area contributed by atoms with Gasteiger partial charge in [0.15, 0.2) is 0 Å². The Bertz CT molecular complexity index is 1130. The molecule has 3 aromatic rings. The van der Waals surface area contributed by atoms with E-state index in [1.54, 1.807) is 49.6 Å². The summed E-state index contributed by atoms with van der Waals surface area (Å²) in [5.74, 6) is -1.10. The standard InChI is InChI=1S/C25H21FN2O4/c1-32-21-13-7-17(8-14-21)16-27(24(30)18-5-3-2-4-6-18)22-15-23(29)28(25(22)31)20-11-9-19(26)10-12-20/h2-14,22H,15-16H2,1H3/t22-/m0/s1. The van der Waals surface area contributed by atoms with Crippen molar-refractivity contribution in [3.63, 3.8) is 0 Å². The van der Waals surface area contributed by atoms with Crippen LogP contribution in [0, 0.1) is 5.82 Å². The van der Waals surface area contributed by atoms with E-state index in [1.165, 1.54) is 29.2 Å². The van der Waals surface area contributed by atoms with E-state index >= 15 is 0 Å². The van der Waals surface area contributed by atoms with Crippen LogP contribution < -0.4 is 9.64 Å². The van der Waals surface area contributed by atoms with Gasteiger partial charge in [-0.2, -0.15) is 0 Å². The fraction of sp³-hybridized carbons (Fsp3) is 0.160. The van der Waals surface area contributed by atoms with E-state index in [2.05, 4.69) is 0 Å². The molecule has 6 nitrogen and oxygen atoms in total. The van der Waals surface area contributed by atoms with Gasteiger partial charge in [-0.05, 0) is 54.1 Å². The third-order valence-corrected chi connectivity index (χ3v) is 5.38. The first-order chi connectivity index (χ1) is 15.5. The van der Waals surface area contributed by atoms with E-state index < -0.39 is 23.7 Å². The van der Waals surface area contributed by atoms with Crippen LogP contribution in [0.25, 0.3) is 0 Å². The molecule has 0 saturated carbocycles. The molecule has 1 aliphatic rings. The molecule has 32 heavy (non-hydrogen) atoms. The van der Waals surface area contributed by atoms with Crippen LogP contribution in [0.1, 0.15) is 22.3 Å². The van der Waals surface area contributed by atoms with E-state index in [0.29, 0.717) is 11.3 Å². The molecule has 0 aromatic heterocycles. The number of carbonyl (C=O) groups is 3. The van der Waals surface area contributed by atoms with E-state index in [-0.39, 0.29) is 24.6 Å². The first-order valence-electron chi connectivity index (χ1n) is 10.1. The van der Waals surface area contributed by atoms with Crippen LogP contribution in [0.15, 0.2) is 78.9 Å². The summed E-state index contributed by atoms with van der Waals surface area (Å²) < 4.78 is 18.5. The number of benzene rings is 3. The second kappa shape index (κ2) is 9.01. The highest BCUT2D eigenvalue weighted by atomic mass is 19.1. The molecule has 1 saturated heterocycles. The molecular formula is C25H21FN2O4. The van der Waals surface area contributed by atoms with Crippen LogP contribution >= 0.6 is 0 Å². The molecule has 7 heteroatoms. The zero-order chi connectivity index (χ0) is 22.7. The largest absolute Gasteiger partial charge is 0.497 e. The summed E-state index contributed by atoms with van der Waals surface area (Å²) >= 11 is 0. The highest BCUT2D eigenvalue weighted by Gasteiger charge is 2.44.